The summed E-state index contributed by atoms with van der Waals surface area (Å²) in [6.07, 6.45) is 0. The largest absolute Gasteiger partial charge is 0.338 e. The molecule has 2 aliphatic rings. The number of carbonyl (C=O) groups excluding carboxylic acids is 1. The molecule has 90 valence electrons. The van der Waals surface area contributed by atoms with Crippen LogP contribution in [0, 0.1) is 17.7 Å². The average molecular weight is 234 g/mol. The Hall–Kier alpha value is -1.42. The van der Waals surface area contributed by atoms with E-state index in [4.69, 9.17) is 0 Å². The van der Waals surface area contributed by atoms with Gasteiger partial charge in [-0.3, -0.25) is 4.79 Å². The third-order valence-electron chi connectivity index (χ3n) is 3.78. The molecular formula is C13H15FN2O. The first-order valence-electron chi connectivity index (χ1n) is 6.00. The first-order valence-corrected chi connectivity index (χ1v) is 6.00. The highest BCUT2D eigenvalue weighted by Crippen LogP contribution is 2.27. The number of rotatable bonds is 1. The molecule has 1 N–H and O–H groups in total. The number of fused-ring (bicyclic) bond motifs is 1. The molecule has 0 radical (unpaired) electrons. The standard InChI is InChI=1S/C13H15FN2O/c14-12-4-2-1-3-11(12)13(17)16-7-9-5-15-6-10(9)8-16/h1-4,9-10,15H,5-8H2. The lowest BCUT2D eigenvalue weighted by molar-refractivity contribution is 0.0777. The normalized spacial score (nSPS) is 27.2. The summed E-state index contributed by atoms with van der Waals surface area (Å²) in [5.74, 6) is 0.502. The topological polar surface area (TPSA) is 32.3 Å². The second kappa shape index (κ2) is 4.11. The molecule has 1 aromatic carbocycles. The van der Waals surface area contributed by atoms with Crippen molar-refractivity contribution in [3.8, 4) is 0 Å². The average Bonchev–Trinajstić information content (AvgIpc) is 2.88. The van der Waals surface area contributed by atoms with E-state index < -0.39 is 5.82 Å². The van der Waals surface area contributed by atoms with Gasteiger partial charge in [-0.1, -0.05) is 12.1 Å². The molecule has 3 rings (SSSR count). The summed E-state index contributed by atoms with van der Waals surface area (Å²) < 4.78 is 13.5. The molecule has 0 aliphatic carbocycles. The molecule has 2 fully saturated rings. The molecule has 1 amide bonds. The summed E-state index contributed by atoms with van der Waals surface area (Å²) in [5.41, 5.74) is 0.195. The first kappa shape index (κ1) is 10.7. The smallest absolute Gasteiger partial charge is 0.256 e. The highest BCUT2D eigenvalue weighted by Gasteiger charge is 2.38. The number of amides is 1. The second-order valence-corrected chi connectivity index (χ2v) is 4.87. The summed E-state index contributed by atoms with van der Waals surface area (Å²) in [7, 11) is 0. The molecule has 4 heteroatoms. The van der Waals surface area contributed by atoms with Crippen molar-refractivity contribution in [2.24, 2.45) is 11.8 Å². The van der Waals surface area contributed by atoms with Crippen molar-refractivity contribution in [1.82, 2.24) is 10.2 Å². The van der Waals surface area contributed by atoms with Crippen LogP contribution >= 0.6 is 0 Å². The molecule has 2 atom stereocenters. The Morgan fingerprint density at radius 1 is 1.24 bits per heavy atom. The van der Waals surface area contributed by atoms with Gasteiger partial charge in [0, 0.05) is 26.2 Å². The van der Waals surface area contributed by atoms with Crippen LogP contribution in [0.1, 0.15) is 10.4 Å². The zero-order valence-electron chi connectivity index (χ0n) is 9.53. The highest BCUT2D eigenvalue weighted by molar-refractivity contribution is 5.94. The van der Waals surface area contributed by atoms with E-state index in [0.717, 1.165) is 26.2 Å². The maximum absolute atomic E-state index is 13.5. The van der Waals surface area contributed by atoms with E-state index >= 15 is 0 Å². The Labute approximate surface area is 99.6 Å². The van der Waals surface area contributed by atoms with Crippen LogP contribution in [0.15, 0.2) is 24.3 Å². The van der Waals surface area contributed by atoms with Crippen molar-refractivity contribution in [2.45, 2.75) is 0 Å². The fourth-order valence-corrected chi connectivity index (χ4v) is 2.83. The van der Waals surface area contributed by atoms with Crippen molar-refractivity contribution < 1.29 is 9.18 Å². The summed E-state index contributed by atoms with van der Waals surface area (Å²) in [6, 6.07) is 6.21. The molecule has 0 bridgehead atoms. The molecule has 2 heterocycles. The third kappa shape index (κ3) is 1.82. The number of benzene rings is 1. The third-order valence-corrected chi connectivity index (χ3v) is 3.78. The molecule has 1 aromatic rings. The molecule has 2 aliphatic heterocycles. The lowest BCUT2D eigenvalue weighted by Crippen LogP contribution is -2.32. The lowest BCUT2D eigenvalue weighted by Gasteiger charge is -2.17. The van der Waals surface area contributed by atoms with Gasteiger partial charge in [-0.15, -0.1) is 0 Å². The summed E-state index contributed by atoms with van der Waals surface area (Å²) in [5, 5.41) is 3.32. The number of nitrogens with one attached hydrogen (secondary N) is 1. The van der Waals surface area contributed by atoms with Gasteiger partial charge in [-0.25, -0.2) is 4.39 Å². The highest BCUT2D eigenvalue weighted by atomic mass is 19.1. The van der Waals surface area contributed by atoms with Gasteiger partial charge in [-0.05, 0) is 24.0 Å². The number of likely N-dealkylation sites (tertiary alicyclic amines) is 1. The van der Waals surface area contributed by atoms with E-state index in [1.54, 1.807) is 23.1 Å². The second-order valence-electron chi connectivity index (χ2n) is 4.87. The lowest BCUT2D eigenvalue weighted by atomic mass is 10.0. The maximum Gasteiger partial charge on any atom is 0.256 e. The van der Waals surface area contributed by atoms with Crippen LogP contribution in [0.3, 0.4) is 0 Å². The first-order chi connectivity index (χ1) is 8.25. The van der Waals surface area contributed by atoms with Crippen LogP contribution in [-0.2, 0) is 0 Å². The fraction of sp³-hybridized carbons (Fsp3) is 0.462. The predicted molar refractivity (Wildman–Crippen MR) is 62.2 cm³/mol. The minimum absolute atomic E-state index is 0.169. The van der Waals surface area contributed by atoms with Gasteiger partial charge in [0.2, 0.25) is 0 Å². The molecule has 2 saturated heterocycles. The van der Waals surface area contributed by atoms with Crippen LogP contribution in [0.4, 0.5) is 4.39 Å². The number of halogens is 1. The van der Waals surface area contributed by atoms with Crippen LogP contribution in [0.5, 0.6) is 0 Å². The van der Waals surface area contributed by atoms with Gasteiger partial charge in [0.25, 0.3) is 5.91 Å². The minimum atomic E-state index is -0.423. The zero-order chi connectivity index (χ0) is 11.8. The minimum Gasteiger partial charge on any atom is -0.338 e. The van der Waals surface area contributed by atoms with E-state index in [-0.39, 0.29) is 11.5 Å². The van der Waals surface area contributed by atoms with Gasteiger partial charge in [0.05, 0.1) is 5.56 Å². The molecule has 3 nitrogen and oxygen atoms in total. The van der Waals surface area contributed by atoms with Gasteiger partial charge >= 0.3 is 0 Å². The van der Waals surface area contributed by atoms with Gasteiger partial charge in [0.15, 0.2) is 0 Å². The van der Waals surface area contributed by atoms with Crippen LogP contribution < -0.4 is 5.32 Å². The van der Waals surface area contributed by atoms with Crippen molar-refractivity contribution in [3.05, 3.63) is 35.6 Å². The molecule has 0 aromatic heterocycles. The monoisotopic (exact) mass is 234 g/mol. The SMILES string of the molecule is O=C(c1ccccc1F)N1CC2CNCC2C1. The fourth-order valence-electron chi connectivity index (χ4n) is 2.83. The molecular weight excluding hydrogens is 219 g/mol. The van der Waals surface area contributed by atoms with Gasteiger partial charge in [-0.2, -0.15) is 0 Å². The molecule has 2 unspecified atom stereocenters. The number of hydrogen-bond acceptors (Lipinski definition) is 2. The Morgan fingerprint density at radius 2 is 1.88 bits per heavy atom. The van der Waals surface area contributed by atoms with E-state index in [0.29, 0.717) is 11.8 Å². The van der Waals surface area contributed by atoms with Gasteiger partial charge in [0.1, 0.15) is 5.82 Å². The molecule has 17 heavy (non-hydrogen) atoms. The number of hydrogen-bond donors (Lipinski definition) is 1. The quantitative estimate of drug-likeness (QED) is 0.789. The predicted octanol–water partition coefficient (Wildman–Crippen LogP) is 1.12. The number of carbonyl (C=O) groups is 1. The summed E-state index contributed by atoms with van der Waals surface area (Å²) in [6.45, 7) is 3.47. The van der Waals surface area contributed by atoms with E-state index in [1.807, 2.05) is 0 Å². The van der Waals surface area contributed by atoms with Crippen molar-refractivity contribution in [3.63, 3.8) is 0 Å². The number of nitrogens with zero attached hydrogens (tertiary/aromatic N) is 1. The molecule has 0 saturated carbocycles. The van der Waals surface area contributed by atoms with E-state index in [2.05, 4.69) is 5.32 Å². The van der Waals surface area contributed by atoms with Crippen molar-refractivity contribution in [1.29, 1.82) is 0 Å². The Balaban J connectivity index is 1.78. The van der Waals surface area contributed by atoms with E-state index in [1.165, 1.54) is 6.07 Å². The maximum atomic E-state index is 13.5. The summed E-state index contributed by atoms with van der Waals surface area (Å²) >= 11 is 0. The van der Waals surface area contributed by atoms with Crippen LogP contribution in [0.25, 0.3) is 0 Å². The van der Waals surface area contributed by atoms with Gasteiger partial charge < -0.3 is 10.2 Å². The van der Waals surface area contributed by atoms with Crippen LogP contribution in [0.2, 0.25) is 0 Å². The Morgan fingerprint density at radius 3 is 2.53 bits per heavy atom. The van der Waals surface area contributed by atoms with Crippen molar-refractivity contribution in [2.75, 3.05) is 26.2 Å². The Bertz CT molecular complexity index is 437. The molecule has 0 spiro atoms. The zero-order valence-corrected chi connectivity index (χ0v) is 9.53. The van der Waals surface area contributed by atoms with E-state index in [9.17, 15) is 9.18 Å². The van der Waals surface area contributed by atoms with Crippen LogP contribution in [-0.4, -0.2) is 37.0 Å². The summed E-state index contributed by atoms with van der Waals surface area (Å²) in [4.78, 5) is 14.0. The Kier molecular flexibility index (Phi) is 2.59. The van der Waals surface area contributed by atoms with Crippen molar-refractivity contribution >= 4 is 5.91 Å².